The first kappa shape index (κ1) is 16.0. The number of hydrogen-bond acceptors (Lipinski definition) is 1. The minimum atomic E-state index is 0.549. The summed E-state index contributed by atoms with van der Waals surface area (Å²) in [5, 5.41) is 3.83. The Balaban J connectivity index is 2.65. The molecule has 1 N–H and O–H groups in total. The molecule has 0 radical (unpaired) electrons. The molecule has 3 atom stereocenters. The molecule has 108 valence electrons. The fraction of sp³-hybridized carbons (Fsp3) is 1.00. The van der Waals surface area contributed by atoms with Gasteiger partial charge in [0.25, 0.3) is 0 Å². The zero-order valence-electron chi connectivity index (χ0n) is 13.4. The van der Waals surface area contributed by atoms with Crippen LogP contribution in [-0.4, -0.2) is 12.1 Å². The van der Waals surface area contributed by atoms with Gasteiger partial charge in [0.1, 0.15) is 0 Å². The molecule has 0 aromatic rings. The number of rotatable bonds is 7. The quantitative estimate of drug-likeness (QED) is 0.661. The van der Waals surface area contributed by atoms with Crippen LogP contribution in [0.2, 0.25) is 0 Å². The van der Waals surface area contributed by atoms with Crippen LogP contribution in [0, 0.1) is 11.3 Å². The van der Waals surface area contributed by atoms with Gasteiger partial charge in [-0.05, 0) is 43.9 Å². The van der Waals surface area contributed by atoms with E-state index in [1.165, 1.54) is 51.4 Å². The Morgan fingerprint density at radius 1 is 1.17 bits per heavy atom. The Bertz CT molecular complexity index is 222. The maximum absolute atomic E-state index is 3.83. The van der Waals surface area contributed by atoms with Gasteiger partial charge >= 0.3 is 0 Å². The second-order valence-electron chi connectivity index (χ2n) is 6.82. The molecule has 0 saturated carbocycles. The average molecular weight is 253 g/mol. The summed E-state index contributed by atoms with van der Waals surface area (Å²) in [6.45, 7) is 12.0. The molecule has 1 heteroatoms. The lowest BCUT2D eigenvalue weighted by Crippen LogP contribution is -2.44. The van der Waals surface area contributed by atoms with E-state index < -0.39 is 0 Å². The molecule has 1 nitrogen and oxygen atoms in total. The smallest absolute Gasteiger partial charge is 0.00748 e. The molecule has 0 amide bonds. The van der Waals surface area contributed by atoms with E-state index >= 15 is 0 Å². The SMILES string of the molecule is CCCC(C)(CC1CCCC(C)N1)C(CC)CC. The number of piperidine rings is 1. The van der Waals surface area contributed by atoms with Gasteiger partial charge in [-0.25, -0.2) is 0 Å². The van der Waals surface area contributed by atoms with Gasteiger partial charge in [-0.2, -0.15) is 0 Å². The van der Waals surface area contributed by atoms with E-state index in [1.807, 2.05) is 0 Å². The van der Waals surface area contributed by atoms with E-state index in [0.29, 0.717) is 5.41 Å². The largest absolute Gasteiger partial charge is 0.311 e. The van der Waals surface area contributed by atoms with Crippen LogP contribution in [0.1, 0.15) is 86.0 Å². The van der Waals surface area contributed by atoms with Crippen LogP contribution >= 0.6 is 0 Å². The number of nitrogens with one attached hydrogen (secondary N) is 1. The molecule has 1 heterocycles. The van der Waals surface area contributed by atoms with Crippen molar-refractivity contribution in [2.45, 2.75) is 98.1 Å². The molecule has 0 aromatic carbocycles. The van der Waals surface area contributed by atoms with Gasteiger partial charge in [0.15, 0.2) is 0 Å². The summed E-state index contributed by atoms with van der Waals surface area (Å²) in [5.74, 6) is 0.900. The third-order valence-electron chi connectivity index (χ3n) is 5.21. The fourth-order valence-electron chi connectivity index (χ4n) is 4.28. The van der Waals surface area contributed by atoms with E-state index in [4.69, 9.17) is 0 Å². The molecule has 1 aliphatic rings. The fourth-order valence-corrected chi connectivity index (χ4v) is 4.28. The van der Waals surface area contributed by atoms with Crippen molar-refractivity contribution >= 4 is 0 Å². The maximum atomic E-state index is 3.83. The van der Waals surface area contributed by atoms with Gasteiger partial charge in [-0.3, -0.25) is 0 Å². The van der Waals surface area contributed by atoms with Crippen molar-refractivity contribution in [2.75, 3.05) is 0 Å². The van der Waals surface area contributed by atoms with E-state index in [0.717, 1.165) is 18.0 Å². The van der Waals surface area contributed by atoms with Gasteiger partial charge in [0.05, 0.1) is 0 Å². The lowest BCUT2D eigenvalue weighted by atomic mass is 9.67. The van der Waals surface area contributed by atoms with Crippen molar-refractivity contribution in [3.63, 3.8) is 0 Å². The monoisotopic (exact) mass is 253 g/mol. The second kappa shape index (κ2) is 7.53. The topological polar surface area (TPSA) is 12.0 Å². The zero-order valence-corrected chi connectivity index (χ0v) is 13.4. The Labute approximate surface area is 115 Å². The predicted octanol–water partition coefficient (Wildman–Crippen LogP) is 5.15. The van der Waals surface area contributed by atoms with E-state index in [1.54, 1.807) is 0 Å². The van der Waals surface area contributed by atoms with Gasteiger partial charge in [-0.1, -0.05) is 53.4 Å². The highest BCUT2D eigenvalue weighted by Gasteiger charge is 2.34. The van der Waals surface area contributed by atoms with Crippen molar-refractivity contribution in [1.82, 2.24) is 5.32 Å². The summed E-state index contributed by atoms with van der Waals surface area (Å²) >= 11 is 0. The predicted molar refractivity (Wildman–Crippen MR) is 81.9 cm³/mol. The molecule has 18 heavy (non-hydrogen) atoms. The molecule has 0 aromatic heterocycles. The summed E-state index contributed by atoms with van der Waals surface area (Å²) < 4.78 is 0. The third kappa shape index (κ3) is 4.26. The molecular formula is C17H35N. The van der Waals surface area contributed by atoms with E-state index in [2.05, 4.69) is 39.9 Å². The normalized spacial score (nSPS) is 28.3. The summed E-state index contributed by atoms with van der Waals surface area (Å²) in [4.78, 5) is 0. The molecular weight excluding hydrogens is 218 g/mol. The first-order valence-electron chi connectivity index (χ1n) is 8.31. The highest BCUT2D eigenvalue weighted by Crippen LogP contribution is 2.42. The summed E-state index contributed by atoms with van der Waals surface area (Å²) in [7, 11) is 0. The van der Waals surface area contributed by atoms with Crippen LogP contribution in [0.4, 0.5) is 0 Å². The highest BCUT2D eigenvalue weighted by molar-refractivity contribution is 4.88. The standard InChI is InChI=1S/C17H35N/c1-6-12-17(5,15(7-2)8-3)13-16-11-9-10-14(4)18-16/h14-16,18H,6-13H2,1-5H3. The van der Waals surface area contributed by atoms with E-state index in [9.17, 15) is 0 Å². The lowest BCUT2D eigenvalue weighted by Gasteiger charge is -2.42. The second-order valence-corrected chi connectivity index (χ2v) is 6.82. The highest BCUT2D eigenvalue weighted by atomic mass is 15.0. The molecule has 0 aliphatic carbocycles. The Morgan fingerprint density at radius 2 is 1.83 bits per heavy atom. The van der Waals surface area contributed by atoms with Crippen LogP contribution in [-0.2, 0) is 0 Å². The van der Waals surface area contributed by atoms with Crippen LogP contribution < -0.4 is 5.32 Å². The first-order chi connectivity index (χ1) is 8.55. The Hall–Kier alpha value is -0.0400. The van der Waals surface area contributed by atoms with Gasteiger partial charge in [-0.15, -0.1) is 0 Å². The molecule has 1 aliphatic heterocycles. The van der Waals surface area contributed by atoms with Crippen molar-refractivity contribution in [3.05, 3.63) is 0 Å². The third-order valence-corrected chi connectivity index (χ3v) is 5.21. The van der Waals surface area contributed by atoms with Crippen LogP contribution in [0.3, 0.4) is 0 Å². The average Bonchev–Trinajstić information content (AvgIpc) is 2.30. The Morgan fingerprint density at radius 3 is 2.33 bits per heavy atom. The first-order valence-corrected chi connectivity index (χ1v) is 8.31. The Kier molecular flexibility index (Phi) is 6.70. The minimum absolute atomic E-state index is 0.549. The van der Waals surface area contributed by atoms with Gasteiger partial charge in [0, 0.05) is 12.1 Å². The van der Waals surface area contributed by atoms with Crippen LogP contribution in [0.25, 0.3) is 0 Å². The van der Waals surface area contributed by atoms with Crippen molar-refractivity contribution in [2.24, 2.45) is 11.3 Å². The lowest BCUT2D eigenvalue weighted by molar-refractivity contribution is 0.111. The number of hydrogen-bond donors (Lipinski definition) is 1. The molecule has 0 bridgehead atoms. The zero-order chi connectivity index (χ0) is 13.6. The van der Waals surface area contributed by atoms with Crippen LogP contribution in [0.5, 0.6) is 0 Å². The summed E-state index contributed by atoms with van der Waals surface area (Å²) in [6.07, 6.45) is 11.0. The minimum Gasteiger partial charge on any atom is -0.311 e. The molecule has 1 rings (SSSR count). The van der Waals surface area contributed by atoms with E-state index in [-0.39, 0.29) is 0 Å². The summed E-state index contributed by atoms with van der Waals surface area (Å²) in [6, 6.07) is 1.50. The van der Waals surface area contributed by atoms with Gasteiger partial charge < -0.3 is 5.32 Å². The molecule has 0 spiro atoms. The van der Waals surface area contributed by atoms with Gasteiger partial charge in [0.2, 0.25) is 0 Å². The van der Waals surface area contributed by atoms with Crippen LogP contribution in [0.15, 0.2) is 0 Å². The maximum Gasteiger partial charge on any atom is 0.00748 e. The summed E-state index contributed by atoms with van der Waals surface area (Å²) in [5.41, 5.74) is 0.549. The molecule has 1 fully saturated rings. The van der Waals surface area contributed by atoms with Crippen molar-refractivity contribution < 1.29 is 0 Å². The van der Waals surface area contributed by atoms with Crippen molar-refractivity contribution in [1.29, 1.82) is 0 Å². The molecule has 1 saturated heterocycles. The molecule has 3 unspecified atom stereocenters. The van der Waals surface area contributed by atoms with Crippen molar-refractivity contribution in [3.8, 4) is 0 Å².